The van der Waals surface area contributed by atoms with Gasteiger partial charge in [-0.2, -0.15) is 0 Å². The molecule has 1 aromatic carbocycles. The molecule has 0 atom stereocenters. The summed E-state index contributed by atoms with van der Waals surface area (Å²) < 4.78 is 0. The predicted octanol–water partition coefficient (Wildman–Crippen LogP) is 2.10. The number of nitrogens with two attached hydrogens (primary N) is 1. The second kappa shape index (κ2) is 3.55. The molecule has 0 aliphatic rings. The van der Waals surface area contributed by atoms with Gasteiger partial charge >= 0.3 is 0 Å². The number of nitrogens with zero attached hydrogens (tertiary/aromatic N) is 1. The third-order valence-electron chi connectivity index (χ3n) is 1.76. The number of anilines is 1. The monoisotopic (exact) mass is 191 g/mol. The quantitative estimate of drug-likeness (QED) is 0.564. The highest BCUT2D eigenvalue weighted by Gasteiger charge is 1.99. The number of hydrazine groups is 1. The van der Waals surface area contributed by atoms with Crippen molar-refractivity contribution in [3.8, 4) is 11.3 Å². The van der Waals surface area contributed by atoms with Gasteiger partial charge in [-0.1, -0.05) is 12.1 Å². The van der Waals surface area contributed by atoms with Crippen molar-refractivity contribution in [3.63, 3.8) is 0 Å². The van der Waals surface area contributed by atoms with Gasteiger partial charge in [0.15, 0.2) is 0 Å². The van der Waals surface area contributed by atoms with Gasteiger partial charge in [0, 0.05) is 16.6 Å². The van der Waals surface area contributed by atoms with Crippen molar-refractivity contribution in [1.82, 2.24) is 4.98 Å². The number of rotatable bonds is 2. The van der Waals surface area contributed by atoms with Crippen LogP contribution in [0.15, 0.2) is 35.2 Å². The second-order valence-electron chi connectivity index (χ2n) is 2.60. The van der Waals surface area contributed by atoms with E-state index in [9.17, 15) is 0 Å². The van der Waals surface area contributed by atoms with Crippen LogP contribution in [0.2, 0.25) is 0 Å². The van der Waals surface area contributed by atoms with Crippen LogP contribution < -0.4 is 11.3 Å². The maximum atomic E-state index is 5.30. The zero-order valence-electron chi connectivity index (χ0n) is 6.90. The highest BCUT2D eigenvalue weighted by Crippen LogP contribution is 2.21. The minimum Gasteiger partial charge on any atom is -0.324 e. The Morgan fingerprint density at radius 1 is 1.38 bits per heavy atom. The van der Waals surface area contributed by atoms with Gasteiger partial charge in [0.2, 0.25) is 0 Å². The number of aromatic nitrogens is 1. The summed E-state index contributed by atoms with van der Waals surface area (Å²) in [6.07, 6.45) is 0. The van der Waals surface area contributed by atoms with E-state index in [0.717, 1.165) is 16.9 Å². The molecule has 0 aliphatic heterocycles. The molecule has 0 saturated carbocycles. The van der Waals surface area contributed by atoms with E-state index in [4.69, 9.17) is 5.84 Å². The van der Waals surface area contributed by atoms with Crippen LogP contribution in [0.4, 0.5) is 5.69 Å². The summed E-state index contributed by atoms with van der Waals surface area (Å²) in [7, 11) is 0. The molecule has 66 valence electrons. The fourth-order valence-electron chi connectivity index (χ4n) is 1.12. The fourth-order valence-corrected chi connectivity index (χ4v) is 1.68. The molecule has 0 amide bonds. The fraction of sp³-hybridized carbons (Fsp3) is 0. The molecule has 2 aromatic rings. The van der Waals surface area contributed by atoms with Crippen molar-refractivity contribution in [1.29, 1.82) is 0 Å². The number of hydrogen-bond donors (Lipinski definition) is 2. The predicted molar refractivity (Wildman–Crippen MR) is 55.4 cm³/mol. The Bertz CT molecular complexity index is 384. The molecule has 1 aromatic heterocycles. The van der Waals surface area contributed by atoms with Crippen LogP contribution in [0.1, 0.15) is 0 Å². The molecular formula is C9H9N3S. The zero-order valence-corrected chi connectivity index (χ0v) is 7.71. The van der Waals surface area contributed by atoms with Crippen molar-refractivity contribution in [2.45, 2.75) is 0 Å². The van der Waals surface area contributed by atoms with E-state index in [1.165, 1.54) is 0 Å². The van der Waals surface area contributed by atoms with Gasteiger partial charge in [-0.05, 0) is 12.1 Å². The minimum atomic E-state index is 0.894. The Kier molecular flexibility index (Phi) is 2.25. The van der Waals surface area contributed by atoms with Crippen LogP contribution in [-0.2, 0) is 0 Å². The molecule has 3 nitrogen and oxygen atoms in total. The molecule has 0 aliphatic carbocycles. The van der Waals surface area contributed by atoms with Crippen LogP contribution in [0.3, 0.4) is 0 Å². The first-order valence-electron chi connectivity index (χ1n) is 3.85. The Morgan fingerprint density at radius 3 is 3.00 bits per heavy atom. The summed E-state index contributed by atoms with van der Waals surface area (Å²) in [6.45, 7) is 0. The lowest BCUT2D eigenvalue weighted by Gasteiger charge is -2.01. The molecule has 0 bridgehead atoms. The average Bonchev–Trinajstić information content (AvgIpc) is 2.71. The first-order chi connectivity index (χ1) is 6.40. The molecule has 4 heteroatoms. The lowest BCUT2D eigenvalue weighted by atomic mass is 10.1. The minimum absolute atomic E-state index is 0.894. The van der Waals surface area contributed by atoms with Gasteiger partial charge in [-0.25, -0.2) is 4.98 Å². The van der Waals surface area contributed by atoms with Crippen molar-refractivity contribution < 1.29 is 0 Å². The topological polar surface area (TPSA) is 50.9 Å². The third-order valence-corrected chi connectivity index (χ3v) is 2.34. The number of hydrogen-bond acceptors (Lipinski definition) is 4. The van der Waals surface area contributed by atoms with Crippen molar-refractivity contribution in [2.24, 2.45) is 5.84 Å². The standard InChI is InChI=1S/C9H9N3S/c10-12-8-3-1-2-7(4-8)9-5-13-6-11-9/h1-6,12H,10H2. The van der Waals surface area contributed by atoms with E-state index in [1.54, 1.807) is 11.3 Å². The zero-order chi connectivity index (χ0) is 9.10. The first kappa shape index (κ1) is 8.22. The Balaban J connectivity index is 2.41. The summed E-state index contributed by atoms with van der Waals surface area (Å²) >= 11 is 1.59. The van der Waals surface area contributed by atoms with Gasteiger partial charge in [-0.15, -0.1) is 11.3 Å². The van der Waals surface area contributed by atoms with E-state index >= 15 is 0 Å². The summed E-state index contributed by atoms with van der Waals surface area (Å²) in [6, 6.07) is 7.84. The number of thiazole rings is 1. The second-order valence-corrected chi connectivity index (χ2v) is 3.32. The molecule has 2 rings (SSSR count). The van der Waals surface area contributed by atoms with Crippen LogP contribution in [0.5, 0.6) is 0 Å². The highest BCUT2D eigenvalue weighted by atomic mass is 32.1. The maximum Gasteiger partial charge on any atom is 0.0811 e. The molecule has 0 saturated heterocycles. The van der Waals surface area contributed by atoms with Gasteiger partial charge in [0.1, 0.15) is 0 Å². The van der Waals surface area contributed by atoms with Crippen molar-refractivity contribution in [3.05, 3.63) is 35.2 Å². The van der Waals surface area contributed by atoms with E-state index in [2.05, 4.69) is 10.4 Å². The molecule has 1 heterocycles. The largest absolute Gasteiger partial charge is 0.324 e. The Labute approximate surface area is 80.2 Å². The smallest absolute Gasteiger partial charge is 0.0811 e. The van der Waals surface area contributed by atoms with Crippen LogP contribution >= 0.6 is 11.3 Å². The van der Waals surface area contributed by atoms with Gasteiger partial charge in [-0.3, -0.25) is 5.84 Å². The summed E-state index contributed by atoms with van der Waals surface area (Å²) in [5.41, 5.74) is 7.38. The Morgan fingerprint density at radius 2 is 2.31 bits per heavy atom. The normalized spacial score (nSPS) is 9.92. The molecule has 0 unspecified atom stereocenters. The van der Waals surface area contributed by atoms with Gasteiger partial charge < -0.3 is 5.43 Å². The Hall–Kier alpha value is -1.39. The molecule has 0 radical (unpaired) electrons. The molecule has 3 N–H and O–H groups in total. The molecule has 0 fully saturated rings. The number of benzene rings is 1. The summed E-state index contributed by atoms with van der Waals surface area (Å²) in [4.78, 5) is 4.21. The molecule has 13 heavy (non-hydrogen) atoms. The number of nitrogens with one attached hydrogen (secondary N) is 1. The SMILES string of the molecule is NNc1cccc(-c2cscn2)c1. The molecule has 0 spiro atoms. The van der Waals surface area contributed by atoms with Crippen molar-refractivity contribution >= 4 is 17.0 Å². The van der Waals surface area contributed by atoms with Crippen LogP contribution in [-0.4, -0.2) is 4.98 Å². The van der Waals surface area contributed by atoms with Crippen molar-refractivity contribution in [2.75, 3.05) is 5.43 Å². The maximum absolute atomic E-state index is 5.30. The van der Waals surface area contributed by atoms with Gasteiger partial charge in [0.05, 0.1) is 11.2 Å². The van der Waals surface area contributed by atoms with E-state index in [1.807, 2.05) is 35.2 Å². The number of nitrogen functional groups attached to an aromatic ring is 1. The molecular weight excluding hydrogens is 182 g/mol. The van der Waals surface area contributed by atoms with E-state index in [0.29, 0.717) is 0 Å². The summed E-state index contributed by atoms with van der Waals surface area (Å²) in [5, 5.41) is 2.01. The lowest BCUT2D eigenvalue weighted by Crippen LogP contribution is -2.06. The summed E-state index contributed by atoms with van der Waals surface area (Å²) in [5.74, 6) is 5.30. The highest BCUT2D eigenvalue weighted by molar-refractivity contribution is 7.07. The third kappa shape index (κ3) is 1.68. The van der Waals surface area contributed by atoms with Crippen LogP contribution in [0.25, 0.3) is 11.3 Å². The first-order valence-corrected chi connectivity index (χ1v) is 4.79. The van der Waals surface area contributed by atoms with E-state index in [-0.39, 0.29) is 0 Å². The van der Waals surface area contributed by atoms with Gasteiger partial charge in [0.25, 0.3) is 0 Å². The van der Waals surface area contributed by atoms with E-state index < -0.39 is 0 Å². The van der Waals surface area contributed by atoms with Crippen LogP contribution in [0, 0.1) is 0 Å². The lowest BCUT2D eigenvalue weighted by molar-refractivity contribution is 1.34. The average molecular weight is 191 g/mol.